The van der Waals surface area contributed by atoms with Gasteiger partial charge in [-0.3, -0.25) is 4.79 Å². The molecule has 0 fully saturated rings. The van der Waals surface area contributed by atoms with Crippen molar-refractivity contribution in [2.45, 2.75) is 12.2 Å². The summed E-state index contributed by atoms with van der Waals surface area (Å²) in [4.78, 5) is 10.1. The minimum atomic E-state index is -4.88. The van der Waals surface area contributed by atoms with Crippen molar-refractivity contribution in [3.63, 3.8) is 0 Å². The van der Waals surface area contributed by atoms with Crippen LogP contribution in [0.25, 0.3) is 0 Å². The number of aliphatic carboxylic acids is 1. The predicted octanol–water partition coefficient (Wildman–Crippen LogP) is -1.12. The summed E-state index contributed by atoms with van der Waals surface area (Å²) in [6.07, 6.45) is -4.88. The second-order valence-corrected chi connectivity index (χ2v) is 4.47. The summed E-state index contributed by atoms with van der Waals surface area (Å²) >= 11 is 0. The molecule has 0 amide bonds. The van der Waals surface area contributed by atoms with E-state index in [4.69, 9.17) is 10.8 Å². The highest BCUT2D eigenvalue weighted by atomic mass is 32.2. The number of rotatable bonds is 5. The predicted molar refractivity (Wildman–Crippen MR) is 43.5 cm³/mol. The first kappa shape index (κ1) is 14.1. The molecule has 10 heteroatoms. The largest absolute Gasteiger partial charge is 0.480 e. The van der Waals surface area contributed by atoms with Gasteiger partial charge in [-0.2, -0.15) is 13.2 Å². The zero-order valence-electron chi connectivity index (χ0n) is 7.28. The van der Waals surface area contributed by atoms with E-state index in [1.54, 1.807) is 0 Å². The monoisotopic (exact) mass is 250 g/mol. The van der Waals surface area contributed by atoms with Gasteiger partial charge in [0.25, 0.3) is 0 Å². The Hall–Kier alpha value is -0.870. The number of nitrogens with one attached hydrogen (secondary N) is 1. The number of sulfonamides is 1. The number of alkyl halides is 3. The average Bonchev–Trinajstić information content (AvgIpc) is 1.95. The van der Waals surface area contributed by atoms with Crippen LogP contribution < -0.4 is 10.5 Å². The van der Waals surface area contributed by atoms with Crippen molar-refractivity contribution in [3.8, 4) is 0 Å². The van der Waals surface area contributed by atoms with Crippen LogP contribution in [-0.4, -0.2) is 44.0 Å². The molecule has 1 unspecified atom stereocenters. The van der Waals surface area contributed by atoms with Crippen LogP contribution in [0.1, 0.15) is 0 Å². The Kier molecular flexibility index (Phi) is 4.49. The summed E-state index contributed by atoms with van der Waals surface area (Å²) in [5.74, 6) is -3.57. The molecule has 0 aromatic carbocycles. The summed E-state index contributed by atoms with van der Waals surface area (Å²) in [6, 6.07) is -1.58. The highest BCUT2D eigenvalue weighted by molar-refractivity contribution is 7.89. The molecule has 0 aromatic rings. The minimum Gasteiger partial charge on any atom is -0.480 e. The fraction of sp³-hybridized carbons (Fsp3) is 0.800. The Bertz CT molecular complexity index is 326. The van der Waals surface area contributed by atoms with Crippen LogP contribution in [0.5, 0.6) is 0 Å². The van der Waals surface area contributed by atoms with Gasteiger partial charge in [-0.05, 0) is 0 Å². The van der Waals surface area contributed by atoms with Crippen molar-refractivity contribution in [3.05, 3.63) is 0 Å². The van der Waals surface area contributed by atoms with E-state index >= 15 is 0 Å². The normalized spacial score (nSPS) is 14.9. The Morgan fingerprint density at radius 1 is 1.47 bits per heavy atom. The molecule has 0 aromatic heterocycles. The van der Waals surface area contributed by atoms with Crippen LogP contribution >= 0.6 is 0 Å². The summed E-state index contributed by atoms with van der Waals surface area (Å²) in [5.41, 5.74) is 4.88. The van der Waals surface area contributed by atoms with Gasteiger partial charge in [-0.25, -0.2) is 13.1 Å². The highest BCUT2D eigenvalue weighted by Gasteiger charge is 2.35. The molecule has 15 heavy (non-hydrogen) atoms. The molecule has 90 valence electrons. The minimum absolute atomic E-state index is 0.784. The summed E-state index contributed by atoms with van der Waals surface area (Å²) in [7, 11) is -4.59. The number of carboxylic acids is 1. The van der Waals surface area contributed by atoms with Gasteiger partial charge in [0.15, 0.2) is 5.75 Å². The van der Waals surface area contributed by atoms with Crippen molar-refractivity contribution in [2.75, 3.05) is 12.3 Å². The molecule has 0 aliphatic carbocycles. The van der Waals surface area contributed by atoms with E-state index in [1.165, 1.54) is 4.72 Å². The maximum atomic E-state index is 11.7. The smallest absolute Gasteiger partial charge is 0.404 e. The first-order chi connectivity index (χ1) is 6.53. The zero-order valence-corrected chi connectivity index (χ0v) is 8.10. The van der Waals surface area contributed by atoms with Gasteiger partial charge in [0.1, 0.15) is 6.04 Å². The molecule has 6 nitrogen and oxygen atoms in total. The lowest BCUT2D eigenvalue weighted by atomic mass is 10.3. The molecule has 0 aliphatic rings. The van der Waals surface area contributed by atoms with Crippen molar-refractivity contribution in [1.82, 2.24) is 4.72 Å². The molecule has 0 aliphatic heterocycles. The number of hydrogen-bond donors (Lipinski definition) is 3. The van der Waals surface area contributed by atoms with Crippen molar-refractivity contribution in [2.24, 2.45) is 5.73 Å². The maximum absolute atomic E-state index is 11.7. The topological polar surface area (TPSA) is 109 Å². The Labute approximate surface area is 83.3 Å². The molecule has 0 saturated carbocycles. The first-order valence-electron chi connectivity index (χ1n) is 3.56. The third-order valence-electron chi connectivity index (χ3n) is 1.19. The second kappa shape index (κ2) is 4.77. The van der Waals surface area contributed by atoms with Gasteiger partial charge in [0.2, 0.25) is 10.0 Å². The first-order valence-corrected chi connectivity index (χ1v) is 5.21. The Morgan fingerprint density at radius 3 is 2.27 bits per heavy atom. The van der Waals surface area contributed by atoms with Crippen LogP contribution in [0.4, 0.5) is 13.2 Å². The molecule has 0 saturated heterocycles. The van der Waals surface area contributed by atoms with Crippen molar-refractivity contribution >= 4 is 16.0 Å². The molecule has 0 radical (unpaired) electrons. The lowest BCUT2D eigenvalue weighted by Crippen LogP contribution is -2.44. The third-order valence-corrected chi connectivity index (χ3v) is 2.51. The van der Waals surface area contributed by atoms with E-state index in [0.29, 0.717) is 0 Å². The van der Waals surface area contributed by atoms with Crippen molar-refractivity contribution in [1.29, 1.82) is 0 Å². The molecular weight excluding hydrogens is 241 g/mol. The van der Waals surface area contributed by atoms with Crippen LogP contribution in [0.2, 0.25) is 0 Å². The van der Waals surface area contributed by atoms with Gasteiger partial charge >= 0.3 is 12.1 Å². The van der Waals surface area contributed by atoms with Crippen LogP contribution in [0.15, 0.2) is 0 Å². The van der Waals surface area contributed by atoms with Crippen LogP contribution in [0.3, 0.4) is 0 Å². The van der Waals surface area contributed by atoms with Crippen LogP contribution in [0, 0.1) is 0 Å². The quantitative estimate of drug-likeness (QED) is 0.572. The molecule has 0 heterocycles. The maximum Gasteiger partial charge on any atom is 0.404 e. The fourth-order valence-corrected chi connectivity index (χ4v) is 1.54. The average molecular weight is 250 g/mol. The Balaban J connectivity index is 4.24. The van der Waals surface area contributed by atoms with E-state index in [2.05, 4.69) is 0 Å². The highest BCUT2D eigenvalue weighted by Crippen LogP contribution is 2.16. The van der Waals surface area contributed by atoms with Gasteiger partial charge in [0.05, 0.1) is 0 Å². The van der Waals surface area contributed by atoms with E-state index in [-0.39, 0.29) is 0 Å². The fourth-order valence-electron chi connectivity index (χ4n) is 0.571. The van der Waals surface area contributed by atoms with Gasteiger partial charge in [-0.1, -0.05) is 0 Å². The number of nitrogens with two attached hydrogens (primary N) is 1. The number of hydrogen-bond acceptors (Lipinski definition) is 4. The van der Waals surface area contributed by atoms with E-state index in [0.717, 1.165) is 0 Å². The molecular formula is C5H9F3N2O4S. The second-order valence-electron chi connectivity index (χ2n) is 2.67. The molecule has 0 rings (SSSR count). The number of carboxylic acid groups (broad SMARTS) is 1. The number of carbonyl (C=O) groups is 1. The summed E-state index contributed by atoms with van der Waals surface area (Å²) in [6.45, 7) is -0.784. The van der Waals surface area contributed by atoms with E-state index < -0.39 is 40.5 Å². The van der Waals surface area contributed by atoms with Gasteiger partial charge in [0, 0.05) is 6.54 Å². The van der Waals surface area contributed by atoms with Crippen LogP contribution in [-0.2, 0) is 14.8 Å². The van der Waals surface area contributed by atoms with E-state index in [1.807, 2.05) is 0 Å². The van der Waals surface area contributed by atoms with E-state index in [9.17, 15) is 26.4 Å². The zero-order chi connectivity index (χ0) is 12.3. The standard InChI is InChI=1S/C5H9F3N2O4S/c6-5(7,8)2-15(13,14)10-1-3(9)4(11)12/h3,10H,1-2,9H2,(H,11,12). The third kappa shape index (κ3) is 7.11. The Morgan fingerprint density at radius 2 is 1.93 bits per heavy atom. The molecule has 4 N–H and O–H groups in total. The molecule has 0 bridgehead atoms. The summed E-state index contributed by atoms with van der Waals surface area (Å²) in [5, 5.41) is 8.23. The SMILES string of the molecule is NC(CNS(=O)(=O)CC(F)(F)F)C(=O)O. The molecule has 1 atom stereocenters. The lowest BCUT2D eigenvalue weighted by Gasteiger charge is -2.10. The van der Waals surface area contributed by atoms with Crippen molar-refractivity contribution < 1.29 is 31.5 Å². The molecule has 0 spiro atoms. The number of halogens is 3. The van der Waals surface area contributed by atoms with Gasteiger partial charge < -0.3 is 10.8 Å². The lowest BCUT2D eigenvalue weighted by molar-refractivity contribution is -0.138. The summed E-state index contributed by atoms with van der Waals surface area (Å²) < 4.78 is 57.8. The van der Waals surface area contributed by atoms with Gasteiger partial charge in [-0.15, -0.1) is 0 Å².